The van der Waals surface area contributed by atoms with E-state index in [-0.39, 0.29) is 0 Å². The lowest BCUT2D eigenvalue weighted by molar-refractivity contribution is -0.00545. The molecule has 2 fully saturated rings. The Bertz CT molecular complexity index is 171. The third kappa shape index (κ3) is 2.10. The van der Waals surface area contributed by atoms with E-state index in [4.69, 9.17) is 0 Å². The first kappa shape index (κ1) is 10.4. The second kappa shape index (κ2) is 4.60. The van der Waals surface area contributed by atoms with Crippen LogP contribution in [0.15, 0.2) is 0 Å². The van der Waals surface area contributed by atoms with Crippen LogP contribution in [0, 0.1) is 5.92 Å². The summed E-state index contributed by atoms with van der Waals surface area (Å²) < 4.78 is 0. The van der Waals surface area contributed by atoms with E-state index in [9.17, 15) is 0 Å². The van der Waals surface area contributed by atoms with Crippen molar-refractivity contribution in [1.29, 1.82) is 0 Å². The molecule has 1 N–H and O–H groups in total. The molecule has 0 radical (unpaired) electrons. The van der Waals surface area contributed by atoms with Gasteiger partial charge >= 0.3 is 0 Å². The van der Waals surface area contributed by atoms with Gasteiger partial charge in [-0.05, 0) is 32.9 Å². The van der Waals surface area contributed by atoms with Crippen molar-refractivity contribution in [2.24, 2.45) is 5.92 Å². The van der Waals surface area contributed by atoms with E-state index in [1.165, 1.54) is 32.4 Å². The number of nitrogens with zero attached hydrogens (tertiary/aromatic N) is 2. The minimum absolute atomic E-state index is 0.700. The topological polar surface area (TPSA) is 18.5 Å². The second-order valence-electron chi connectivity index (χ2n) is 4.85. The number of nitrogens with one attached hydrogen (secondary N) is 1. The monoisotopic (exact) mass is 197 g/mol. The maximum atomic E-state index is 3.42. The minimum Gasteiger partial charge on any atom is -0.314 e. The maximum absolute atomic E-state index is 3.42. The van der Waals surface area contributed by atoms with Gasteiger partial charge in [0.1, 0.15) is 0 Å². The molecule has 1 heterocycles. The zero-order valence-electron chi connectivity index (χ0n) is 9.50. The molecule has 3 nitrogen and oxygen atoms in total. The fourth-order valence-corrected chi connectivity index (χ4v) is 2.73. The number of hydrogen-bond donors (Lipinski definition) is 1. The quantitative estimate of drug-likeness (QED) is 0.714. The molecule has 0 amide bonds. The highest BCUT2D eigenvalue weighted by Gasteiger charge is 2.33. The summed E-state index contributed by atoms with van der Waals surface area (Å²) in [4.78, 5) is 5.06. The largest absolute Gasteiger partial charge is 0.314 e. The lowest BCUT2D eigenvalue weighted by atomic mass is 9.82. The number of rotatable bonds is 3. The summed E-state index contributed by atoms with van der Waals surface area (Å²) in [5.74, 6) is 0.933. The Balaban J connectivity index is 1.93. The van der Waals surface area contributed by atoms with Crippen LogP contribution in [0.25, 0.3) is 0 Å². The Kier molecular flexibility index (Phi) is 3.42. The van der Waals surface area contributed by atoms with E-state index in [0.29, 0.717) is 6.17 Å². The van der Waals surface area contributed by atoms with Gasteiger partial charge in [0.15, 0.2) is 0 Å². The fourth-order valence-electron chi connectivity index (χ4n) is 2.73. The lowest BCUT2D eigenvalue weighted by Gasteiger charge is -2.46. The number of piperazine rings is 1. The Labute approximate surface area is 87.4 Å². The van der Waals surface area contributed by atoms with E-state index >= 15 is 0 Å². The molecular weight excluding hydrogens is 174 g/mol. The standard InChI is InChI=1S/C11H23N3/c1-13(2)11(10-4-3-5-10)14-8-6-12-7-9-14/h10-12H,3-9H2,1-2H3. The first-order valence-electron chi connectivity index (χ1n) is 5.90. The molecule has 1 saturated heterocycles. The van der Waals surface area contributed by atoms with Crippen molar-refractivity contribution in [2.75, 3.05) is 40.3 Å². The first-order valence-corrected chi connectivity index (χ1v) is 5.90. The van der Waals surface area contributed by atoms with Crippen molar-refractivity contribution < 1.29 is 0 Å². The lowest BCUT2D eigenvalue weighted by Crippen LogP contribution is -2.57. The third-order valence-corrected chi connectivity index (χ3v) is 3.63. The molecule has 1 aliphatic heterocycles. The molecule has 0 aromatic heterocycles. The molecule has 0 aromatic rings. The van der Waals surface area contributed by atoms with Gasteiger partial charge in [-0.25, -0.2) is 0 Å². The number of hydrogen-bond acceptors (Lipinski definition) is 3. The molecule has 1 unspecified atom stereocenters. The second-order valence-corrected chi connectivity index (χ2v) is 4.85. The minimum atomic E-state index is 0.700. The Morgan fingerprint density at radius 1 is 1.21 bits per heavy atom. The van der Waals surface area contributed by atoms with Crippen molar-refractivity contribution in [3.05, 3.63) is 0 Å². The molecular formula is C11H23N3. The average molecular weight is 197 g/mol. The van der Waals surface area contributed by atoms with E-state index in [0.717, 1.165) is 19.0 Å². The Morgan fingerprint density at radius 2 is 1.86 bits per heavy atom. The van der Waals surface area contributed by atoms with Crippen LogP contribution in [-0.2, 0) is 0 Å². The summed E-state index contributed by atoms with van der Waals surface area (Å²) in [7, 11) is 4.45. The van der Waals surface area contributed by atoms with Gasteiger partial charge in [0.25, 0.3) is 0 Å². The Hall–Kier alpha value is -0.120. The molecule has 0 bridgehead atoms. The van der Waals surface area contributed by atoms with Crippen molar-refractivity contribution in [3.63, 3.8) is 0 Å². The Morgan fingerprint density at radius 3 is 2.29 bits per heavy atom. The normalized spacial score (nSPS) is 27.6. The highest BCUT2D eigenvalue weighted by molar-refractivity contribution is 4.85. The molecule has 1 saturated carbocycles. The van der Waals surface area contributed by atoms with Crippen LogP contribution in [0.3, 0.4) is 0 Å². The van der Waals surface area contributed by atoms with Gasteiger partial charge in [-0.3, -0.25) is 9.80 Å². The van der Waals surface area contributed by atoms with E-state index < -0.39 is 0 Å². The molecule has 82 valence electrons. The van der Waals surface area contributed by atoms with Crippen LogP contribution >= 0.6 is 0 Å². The van der Waals surface area contributed by atoms with E-state index in [1.54, 1.807) is 0 Å². The molecule has 1 atom stereocenters. The predicted octanol–water partition coefficient (Wildman–Crippen LogP) is 0.579. The van der Waals surface area contributed by atoms with Crippen LogP contribution < -0.4 is 5.32 Å². The average Bonchev–Trinajstić information content (AvgIpc) is 2.12. The van der Waals surface area contributed by atoms with Gasteiger partial charge in [-0.2, -0.15) is 0 Å². The summed E-state index contributed by atoms with van der Waals surface area (Å²) in [6.07, 6.45) is 5.02. The highest BCUT2D eigenvalue weighted by atomic mass is 15.4. The van der Waals surface area contributed by atoms with Gasteiger partial charge in [-0.1, -0.05) is 6.42 Å². The van der Waals surface area contributed by atoms with Crippen LogP contribution in [0.2, 0.25) is 0 Å². The molecule has 3 heteroatoms. The summed E-state index contributed by atoms with van der Waals surface area (Å²) in [5, 5.41) is 3.42. The molecule has 2 rings (SSSR count). The summed E-state index contributed by atoms with van der Waals surface area (Å²) in [6, 6.07) is 0. The zero-order valence-corrected chi connectivity index (χ0v) is 9.50. The highest BCUT2D eigenvalue weighted by Crippen LogP contribution is 2.33. The molecule has 0 aromatic carbocycles. The van der Waals surface area contributed by atoms with Crippen LogP contribution in [0.1, 0.15) is 19.3 Å². The van der Waals surface area contributed by atoms with Gasteiger partial charge in [0, 0.05) is 26.2 Å². The van der Waals surface area contributed by atoms with Crippen molar-refractivity contribution in [1.82, 2.24) is 15.1 Å². The summed E-state index contributed by atoms with van der Waals surface area (Å²) in [5.41, 5.74) is 0. The van der Waals surface area contributed by atoms with Crippen molar-refractivity contribution in [2.45, 2.75) is 25.4 Å². The molecule has 0 spiro atoms. The van der Waals surface area contributed by atoms with Gasteiger partial charge in [0.05, 0.1) is 6.17 Å². The summed E-state index contributed by atoms with van der Waals surface area (Å²) in [6.45, 7) is 4.77. The summed E-state index contributed by atoms with van der Waals surface area (Å²) >= 11 is 0. The fraction of sp³-hybridized carbons (Fsp3) is 1.00. The van der Waals surface area contributed by atoms with E-state index in [2.05, 4.69) is 29.2 Å². The zero-order chi connectivity index (χ0) is 9.97. The van der Waals surface area contributed by atoms with Crippen molar-refractivity contribution in [3.8, 4) is 0 Å². The molecule has 14 heavy (non-hydrogen) atoms. The first-order chi connectivity index (χ1) is 6.79. The van der Waals surface area contributed by atoms with Gasteiger partial charge < -0.3 is 5.32 Å². The SMILES string of the molecule is CN(C)C(C1CCC1)N1CCNCC1. The van der Waals surface area contributed by atoms with Crippen LogP contribution in [0.5, 0.6) is 0 Å². The van der Waals surface area contributed by atoms with Crippen LogP contribution in [0.4, 0.5) is 0 Å². The van der Waals surface area contributed by atoms with Gasteiger partial charge in [0.2, 0.25) is 0 Å². The molecule has 2 aliphatic rings. The van der Waals surface area contributed by atoms with E-state index in [1.807, 2.05) is 0 Å². The maximum Gasteiger partial charge on any atom is 0.0647 e. The van der Waals surface area contributed by atoms with Gasteiger partial charge in [-0.15, -0.1) is 0 Å². The smallest absolute Gasteiger partial charge is 0.0647 e. The van der Waals surface area contributed by atoms with Crippen molar-refractivity contribution >= 4 is 0 Å². The van der Waals surface area contributed by atoms with Crippen LogP contribution in [-0.4, -0.2) is 56.2 Å². The third-order valence-electron chi connectivity index (χ3n) is 3.63. The predicted molar refractivity (Wildman–Crippen MR) is 59.3 cm³/mol. The molecule has 1 aliphatic carbocycles.